The van der Waals surface area contributed by atoms with Gasteiger partial charge in [-0.1, -0.05) is 133 Å². The van der Waals surface area contributed by atoms with Crippen LogP contribution in [0.2, 0.25) is 0 Å². The average molecular weight is 545 g/mol. The summed E-state index contributed by atoms with van der Waals surface area (Å²) < 4.78 is -1.82. The molecule has 1 aliphatic rings. The van der Waals surface area contributed by atoms with E-state index in [4.69, 9.17) is 11.5 Å². The Balaban J connectivity index is 1.81. The van der Waals surface area contributed by atoms with E-state index < -0.39 is 16.6 Å². The van der Waals surface area contributed by atoms with E-state index >= 15 is 0 Å². The van der Waals surface area contributed by atoms with Crippen molar-refractivity contribution in [3.05, 3.63) is 137 Å². The van der Waals surface area contributed by atoms with Crippen molar-refractivity contribution < 1.29 is 9.59 Å². The molecule has 39 heavy (non-hydrogen) atoms. The zero-order chi connectivity index (χ0) is 27.0. The number of nitrogens with two attached hydrogens (primary N) is 2. The molecule has 4 nitrogen and oxygen atoms in total. The molecule has 6 heteroatoms. The fourth-order valence-electron chi connectivity index (χ4n) is 5.13. The second-order valence-electron chi connectivity index (χ2n) is 9.19. The van der Waals surface area contributed by atoms with Gasteiger partial charge < -0.3 is 11.5 Å². The van der Waals surface area contributed by atoms with Crippen LogP contribution in [0.3, 0.4) is 0 Å². The fourth-order valence-corrected chi connectivity index (χ4v) is 8.09. The zero-order valence-corrected chi connectivity index (χ0v) is 22.5. The van der Waals surface area contributed by atoms with Crippen molar-refractivity contribution in [3.63, 3.8) is 0 Å². The average Bonchev–Trinajstić information content (AvgIpc) is 3.36. The molecule has 2 amide bonds. The van der Waals surface area contributed by atoms with Crippen molar-refractivity contribution in [2.24, 2.45) is 11.5 Å². The van der Waals surface area contributed by atoms with Gasteiger partial charge in [-0.05, 0) is 22.3 Å². The van der Waals surface area contributed by atoms with Gasteiger partial charge in [0.15, 0.2) is 0 Å². The minimum absolute atomic E-state index is 0.521. The van der Waals surface area contributed by atoms with E-state index in [1.807, 2.05) is 109 Å². The van der Waals surface area contributed by atoms with Gasteiger partial charge in [-0.15, -0.1) is 11.3 Å². The molecule has 0 unspecified atom stereocenters. The number of thioether (sulfide) groups is 1. The number of fused-ring (bicyclic) bond motifs is 1. The monoisotopic (exact) mass is 544 g/mol. The van der Waals surface area contributed by atoms with Crippen molar-refractivity contribution in [1.82, 2.24) is 0 Å². The SMILES string of the molecule is NC(=O)C1(C(N)=O)Sc2c(sc(-c3ccccc3)c2-c2ccccc2)C(c2ccccc2)=C1c1ccccc1. The van der Waals surface area contributed by atoms with Gasteiger partial charge in [-0.3, -0.25) is 9.59 Å². The molecular formula is C33H24N2O2S2. The van der Waals surface area contributed by atoms with E-state index in [1.54, 1.807) is 11.3 Å². The van der Waals surface area contributed by atoms with Gasteiger partial charge >= 0.3 is 0 Å². The molecule has 190 valence electrons. The summed E-state index contributed by atoms with van der Waals surface area (Å²) in [6.07, 6.45) is 0. The molecule has 0 fully saturated rings. The lowest BCUT2D eigenvalue weighted by molar-refractivity contribution is -0.127. The van der Waals surface area contributed by atoms with E-state index in [0.29, 0.717) is 5.57 Å². The molecule has 4 N–H and O–H groups in total. The molecule has 0 aliphatic carbocycles. The molecule has 6 rings (SSSR count). The van der Waals surface area contributed by atoms with Crippen LogP contribution in [-0.4, -0.2) is 16.6 Å². The van der Waals surface area contributed by atoms with E-state index in [1.165, 1.54) is 0 Å². The number of hydrogen-bond acceptors (Lipinski definition) is 4. The Bertz CT molecular complexity index is 1700. The molecule has 0 saturated carbocycles. The molecule has 0 radical (unpaired) electrons. The highest BCUT2D eigenvalue weighted by Crippen LogP contribution is 2.61. The van der Waals surface area contributed by atoms with Crippen LogP contribution in [0.5, 0.6) is 0 Å². The summed E-state index contributed by atoms with van der Waals surface area (Å²) in [7, 11) is 0. The number of hydrogen-bond donors (Lipinski definition) is 2. The Kier molecular flexibility index (Phi) is 6.43. The summed E-state index contributed by atoms with van der Waals surface area (Å²) in [6.45, 7) is 0. The third-order valence-electron chi connectivity index (χ3n) is 6.87. The number of amides is 2. The first-order chi connectivity index (χ1) is 19.0. The highest BCUT2D eigenvalue weighted by atomic mass is 32.2. The van der Waals surface area contributed by atoms with Gasteiger partial charge in [0.05, 0.1) is 4.88 Å². The molecule has 1 aliphatic heterocycles. The molecule has 0 atom stereocenters. The summed E-state index contributed by atoms with van der Waals surface area (Å²) in [5.74, 6) is -1.58. The Morgan fingerprint density at radius 1 is 0.538 bits per heavy atom. The lowest BCUT2D eigenvalue weighted by Gasteiger charge is -2.36. The van der Waals surface area contributed by atoms with Gasteiger partial charge in [-0.2, -0.15) is 0 Å². The van der Waals surface area contributed by atoms with Crippen LogP contribution in [0, 0.1) is 0 Å². The summed E-state index contributed by atoms with van der Waals surface area (Å²) in [4.78, 5) is 29.8. The summed E-state index contributed by atoms with van der Waals surface area (Å²) in [5, 5.41) is 0. The van der Waals surface area contributed by atoms with Crippen molar-refractivity contribution in [2.75, 3.05) is 0 Å². The highest BCUT2D eigenvalue weighted by molar-refractivity contribution is 8.03. The number of thiophene rings is 1. The van der Waals surface area contributed by atoms with Crippen LogP contribution in [0.25, 0.3) is 32.7 Å². The van der Waals surface area contributed by atoms with Crippen molar-refractivity contribution in [1.29, 1.82) is 0 Å². The molecular weight excluding hydrogens is 521 g/mol. The van der Waals surface area contributed by atoms with E-state index in [9.17, 15) is 9.59 Å². The summed E-state index contributed by atoms with van der Waals surface area (Å²) in [6, 6.07) is 39.5. The van der Waals surface area contributed by atoms with Crippen LogP contribution < -0.4 is 11.5 Å². The van der Waals surface area contributed by atoms with Crippen LogP contribution in [0.15, 0.2) is 126 Å². The Morgan fingerprint density at radius 2 is 0.974 bits per heavy atom. The van der Waals surface area contributed by atoms with Gasteiger partial charge in [0, 0.05) is 26.5 Å². The second-order valence-corrected chi connectivity index (χ2v) is 11.4. The summed E-state index contributed by atoms with van der Waals surface area (Å²) >= 11 is 2.81. The molecule has 4 aromatic carbocycles. The predicted molar refractivity (Wildman–Crippen MR) is 161 cm³/mol. The van der Waals surface area contributed by atoms with Crippen LogP contribution >= 0.6 is 23.1 Å². The topological polar surface area (TPSA) is 86.2 Å². The van der Waals surface area contributed by atoms with E-state index in [-0.39, 0.29) is 0 Å². The quantitative estimate of drug-likeness (QED) is 0.229. The van der Waals surface area contributed by atoms with Gasteiger partial charge in [0.1, 0.15) is 0 Å². The lowest BCUT2D eigenvalue weighted by atomic mass is 9.82. The molecule has 2 heterocycles. The fraction of sp³-hybridized carbons (Fsp3) is 0.0303. The third kappa shape index (κ3) is 4.09. The molecule has 5 aromatic rings. The first kappa shape index (κ1) is 24.9. The van der Waals surface area contributed by atoms with Crippen molar-refractivity contribution >= 4 is 46.1 Å². The molecule has 0 bridgehead atoms. The molecule has 0 spiro atoms. The summed E-state index contributed by atoms with van der Waals surface area (Å²) in [5.41, 5.74) is 18.2. The highest BCUT2D eigenvalue weighted by Gasteiger charge is 2.54. The first-order valence-electron chi connectivity index (χ1n) is 12.4. The minimum Gasteiger partial charge on any atom is -0.368 e. The van der Waals surface area contributed by atoms with Gasteiger partial charge in [-0.25, -0.2) is 0 Å². The number of primary amides is 2. The van der Waals surface area contributed by atoms with E-state index in [0.717, 1.165) is 59.8 Å². The maximum Gasteiger partial charge on any atom is 0.248 e. The predicted octanol–water partition coefficient (Wildman–Crippen LogP) is 6.86. The van der Waals surface area contributed by atoms with Crippen molar-refractivity contribution in [3.8, 4) is 21.6 Å². The normalized spacial score (nSPS) is 14.1. The van der Waals surface area contributed by atoms with E-state index in [2.05, 4.69) is 12.1 Å². The maximum atomic E-state index is 13.5. The Morgan fingerprint density at radius 3 is 1.46 bits per heavy atom. The van der Waals surface area contributed by atoms with Gasteiger partial charge in [0.25, 0.3) is 0 Å². The smallest absolute Gasteiger partial charge is 0.248 e. The Labute approximate surface area is 235 Å². The number of benzene rings is 4. The Hall–Kier alpha value is -4.39. The first-order valence-corrected chi connectivity index (χ1v) is 14.1. The minimum atomic E-state index is -1.82. The third-order valence-corrected chi connectivity index (χ3v) is 9.78. The standard InChI is InChI=1S/C33H24N2O2S2/c34-31(36)33(32(35)37)27(23-17-9-3-10-18-23)25(21-13-5-1-6-14-21)29-30(39-33)26(22-15-7-2-8-16-22)28(38-29)24-19-11-4-12-20-24/h1-20H,(H2,34,36)(H2,35,37). The number of carbonyl (C=O) groups is 2. The molecule has 1 aromatic heterocycles. The van der Waals surface area contributed by atoms with Crippen LogP contribution in [0.4, 0.5) is 0 Å². The number of carbonyl (C=O) groups excluding carboxylic acids is 2. The molecule has 0 saturated heterocycles. The lowest BCUT2D eigenvalue weighted by Crippen LogP contribution is -2.53. The second kappa shape index (κ2) is 10.1. The largest absolute Gasteiger partial charge is 0.368 e. The van der Waals surface area contributed by atoms with Crippen molar-refractivity contribution in [2.45, 2.75) is 9.64 Å². The van der Waals surface area contributed by atoms with Crippen LogP contribution in [-0.2, 0) is 9.59 Å². The zero-order valence-electron chi connectivity index (χ0n) is 20.8. The van der Waals surface area contributed by atoms with Crippen LogP contribution in [0.1, 0.15) is 16.0 Å². The van der Waals surface area contributed by atoms with Gasteiger partial charge in [0.2, 0.25) is 16.6 Å². The maximum absolute atomic E-state index is 13.5. The number of rotatable bonds is 6.